The molecule has 6 heteroatoms. The van der Waals surface area contributed by atoms with Crippen LogP contribution in [0.25, 0.3) is 16.9 Å². The van der Waals surface area contributed by atoms with Crippen molar-refractivity contribution in [2.45, 2.75) is 6.92 Å². The number of amides is 1. The van der Waals surface area contributed by atoms with E-state index in [1.165, 1.54) is 0 Å². The van der Waals surface area contributed by atoms with Crippen LogP contribution < -0.4 is 14.8 Å². The first kappa shape index (κ1) is 21.2. The molecule has 4 rings (SSSR count). The fourth-order valence-electron chi connectivity index (χ4n) is 3.43. The molecule has 0 saturated heterocycles. The number of nitrogens with one attached hydrogen (secondary N) is 1. The van der Waals surface area contributed by atoms with Crippen molar-refractivity contribution in [3.05, 3.63) is 96.2 Å². The lowest BCUT2D eigenvalue weighted by molar-refractivity contribution is 0.0947. The smallest absolute Gasteiger partial charge is 0.255 e. The van der Waals surface area contributed by atoms with Gasteiger partial charge in [0.2, 0.25) is 0 Å². The summed E-state index contributed by atoms with van der Waals surface area (Å²) < 4.78 is 13.0. The monoisotopic (exact) mass is 427 g/mol. The molecule has 6 nitrogen and oxygen atoms in total. The van der Waals surface area contributed by atoms with E-state index in [0.717, 1.165) is 22.6 Å². The van der Waals surface area contributed by atoms with Crippen molar-refractivity contribution in [2.75, 3.05) is 20.3 Å². The molecule has 0 radical (unpaired) electrons. The number of nitrogens with zero attached hydrogens (tertiary/aromatic N) is 2. The maximum absolute atomic E-state index is 13.1. The summed E-state index contributed by atoms with van der Waals surface area (Å²) in [6, 6.07) is 25.0. The zero-order valence-electron chi connectivity index (χ0n) is 18.1. The lowest BCUT2D eigenvalue weighted by Gasteiger charge is -2.09. The van der Waals surface area contributed by atoms with Crippen LogP contribution in [0.15, 0.2) is 85.1 Å². The van der Waals surface area contributed by atoms with Gasteiger partial charge in [-0.15, -0.1) is 0 Å². The Kier molecular flexibility index (Phi) is 6.51. The molecule has 0 atom stereocenters. The van der Waals surface area contributed by atoms with Crippen LogP contribution in [0.2, 0.25) is 0 Å². The molecule has 0 saturated carbocycles. The van der Waals surface area contributed by atoms with Gasteiger partial charge in [0.25, 0.3) is 5.91 Å². The Balaban J connectivity index is 1.56. The van der Waals surface area contributed by atoms with Gasteiger partial charge in [0, 0.05) is 11.8 Å². The van der Waals surface area contributed by atoms with Gasteiger partial charge in [-0.1, -0.05) is 42.5 Å². The summed E-state index contributed by atoms with van der Waals surface area (Å²) in [5.41, 5.74) is 3.77. The lowest BCUT2D eigenvalue weighted by Crippen LogP contribution is -2.28. The number of para-hydroxylation sites is 2. The van der Waals surface area contributed by atoms with Crippen molar-refractivity contribution in [3.8, 4) is 28.4 Å². The second-order valence-electron chi connectivity index (χ2n) is 7.29. The predicted molar refractivity (Wildman–Crippen MR) is 125 cm³/mol. The third-order valence-electron chi connectivity index (χ3n) is 4.99. The maximum atomic E-state index is 13.1. The van der Waals surface area contributed by atoms with Crippen molar-refractivity contribution in [1.29, 1.82) is 0 Å². The molecule has 1 aromatic heterocycles. The largest absolute Gasteiger partial charge is 0.496 e. The lowest BCUT2D eigenvalue weighted by atomic mass is 10.1. The first-order chi connectivity index (χ1) is 15.7. The van der Waals surface area contributed by atoms with Crippen LogP contribution in [0.4, 0.5) is 0 Å². The van der Waals surface area contributed by atoms with Gasteiger partial charge in [0.05, 0.1) is 24.9 Å². The molecule has 0 bridgehead atoms. The Hall–Kier alpha value is -4.06. The molecule has 0 aliphatic carbocycles. The molecule has 0 fully saturated rings. The van der Waals surface area contributed by atoms with E-state index in [1.807, 2.05) is 85.8 Å². The summed E-state index contributed by atoms with van der Waals surface area (Å²) in [5, 5.41) is 7.65. The standard InChI is InChI=1S/C26H25N3O3/c1-19-9-8-12-21(17-19)32-16-15-27-26(30)23-18-29(20-10-4-3-5-11-20)28-25(23)22-13-6-7-14-24(22)31-2/h3-14,17-18H,15-16H2,1-2H3,(H,27,30). The van der Waals surface area contributed by atoms with Gasteiger partial charge in [0.1, 0.15) is 23.8 Å². The molecule has 1 amide bonds. The second kappa shape index (κ2) is 9.83. The normalized spacial score (nSPS) is 10.6. The van der Waals surface area contributed by atoms with E-state index in [2.05, 4.69) is 5.32 Å². The van der Waals surface area contributed by atoms with E-state index in [9.17, 15) is 4.79 Å². The van der Waals surface area contributed by atoms with Crippen molar-refractivity contribution in [2.24, 2.45) is 0 Å². The van der Waals surface area contributed by atoms with E-state index in [1.54, 1.807) is 18.0 Å². The van der Waals surface area contributed by atoms with Gasteiger partial charge in [-0.05, 0) is 48.9 Å². The summed E-state index contributed by atoms with van der Waals surface area (Å²) in [5.74, 6) is 1.22. The van der Waals surface area contributed by atoms with Crippen LogP contribution in [0, 0.1) is 6.92 Å². The third kappa shape index (κ3) is 4.81. The highest BCUT2D eigenvalue weighted by Crippen LogP contribution is 2.31. The number of hydrogen-bond donors (Lipinski definition) is 1. The van der Waals surface area contributed by atoms with Crippen LogP contribution in [-0.2, 0) is 0 Å². The average Bonchev–Trinajstić information content (AvgIpc) is 3.28. The number of aromatic nitrogens is 2. The first-order valence-electron chi connectivity index (χ1n) is 10.4. The number of carbonyl (C=O) groups is 1. The number of ether oxygens (including phenoxy) is 2. The van der Waals surface area contributed by atoms with Gasteiger partial charge in [0.15, 0.2) is 0 Å². The van der Waals surface area contributed by atoms with Crippen LogP contribution in [0.5, 0.6) is 11.5 Å². The molecule has 0 aliphatic heterocycles. The number of aryl methyl sites for hydroxylation is 1. The summed E-state index contributed by atoms with van der Waals surface area (Å²) >= 11 is 0. The number of carbonyl (C=O) groups excluding carboxylic acids is 1. The van der Waals surface area contributed by atoms with Crippen LogP contribution in [0.3, 0.4) is 0 Å². The fourth-order valence-corrected chi connectivity index (χ4v) is 3.43. The fraction of sp³-hybridized carbons (Fsp3) is 0.154. The summed E-state index contributed by atoms with van der Waals surface area (Å²) in [6.07, 6.45) is 1.74. The molecule has 4 aromatic rings. The number of rotatable bonds is 8. The molecular formula is C26H25N3O3. The van der Waals surface area contributed by atoms with E-state index in [-0.39, 0.29) is 5.91 Å². The molecule has 162 valence electrons. The second-order valence-corrected chi connectivity index (χ2v) is 7.29. The van der Waals surface area contributed by atoms with Crippen molar-refractivity contribution < 1.29 is 14.3 Å². The van der Waals surface area contributed by atoms with E-state index in [0.29, 0.717) is 30.2 Å². The Morgan fingerprint density at radius 3 is 2.56 bits per heavy atom. The predicted octanol–water partition coefficient (Wildman–Crippen LogP) is 4.67. The Morgan fingerprint density at radius 2 is 1.78 bits per heavy atom. The molecule has 0 aliphatic rings. The molecule has 1 heterocycles. The maximum Gasteiger partial charge on any atom is 0.255 e. The molecule has 3 aromatic carbocycles. The highest BCUT2D eigenvalue weighted by Gasteiger charge is 2.20. The Morgan fingerprint density at radius 1 is 1.00 bits per heavy atom. The van der Waals surface area contributed by atoms with Crippen molar-refractivity contribution in [3.63, 3.8) is 0 Å². The highest BCUT2D eigenvalue weighted by atomic mass is 16.5. The minimum absolute atomic E-state index is 0.221. The van der Waals surface area contributed by atoms with E-state index < -0.39 is 0 Å². The minimum atomic E-state index is -0.221. The van der Waals surface area contributed by atoms with Gasteiger partial charge in [-0.2, -0.15) is 5.10 Å². The summed E-state index contributed by atoms with van der Waals surface area (Å²) in [7, 11) is 1.61. The van der Waals surface area contributed by atoms with Crippen molar-refractivity contribution >= 4 is 5.91 Å². The molecule has 32 heavy (non-hydrogen) atoms. The summed E-state index contributed by atoms with van der Waals surface area (Å²) in [6.45, 7) is 2.75. The molecule has 0 spiro atoms. The van der Waals surface area contributed by atoms with Crippen LogP contribution in [0.1, 0.15) is 15.9 Å². The van der Waals surface area contributed by atoms with E-state index >= 15 is 0 Å². The molecule has 1 N–H and O–H groups in total. The van der Waals surface area contributed by atoms with Crippen molar-refractivity contribution in [1.82, 2.24) is 15.1 Å². The SMILES string of the molecule is COc1ccccc1-c1nn(-c2ccccc2)cc1C(=O)NCCOc1cccc(C)c1. The van der Waals surface area contributed by atoms with Gasteiger partial charge in [-0.3, -0.25) is 4.79 Å². The minimum Gasteiger partial charge on any atom is -0.496 e. The number of methoxy groups -OCH3 is 1. The first-order valence-corrected chi connectivity index (χ1v) is 10.4. The zero-order chi connectivity index (χ0) is 22.3. The quantitative estimate of drug-likeness (QED) is 0.415. The Bertz CT molecular complexity index is 1200. The topological polar surface area (TPSA) is 65.4 Å². The average molecular weight is 428 g/mol. The van der Waals surface area contributed by atoms with Gasteiger partial charge >= 0.3 is 0 Å². The number of hydrogen-bond acceptors (Lipinski definition) is 4. The molecule has 0 unspecified atom stereocenters. The van der Waals surface area contributed by atoms with Gasteiger partial charge < -0.3 is 14.8 Å². The van der Waals surface area contributed by atoms with E-state index in [4.69, 9.17) is 14.6 Å². The van der Waals surface area contributed by atoms with Crippen LogP contribution in [-0.4, -0.2) is 35.9 Å². The van der Waals surface area contributed by atoms with Gasteiger partial charge in [-0.25, -0.2) is 4.68 Å². The Labute approximate surface area is 187 Å². The highest BCUT2D eigenvalue weighted by molar-refractivity contribution is 6.00. The molecular weight excluding hydrogens is 402 g/mol. The third-order valence-corrected chi connectivity index (χ3v) is 4.99. The van der Waals surface area contributed by atoms with Crippen LogP contribution >= 0.6 is 0 Å². The summed E-state index contributed by atoms with van der Waals surface area (Å²) in [4.78, 5) is 13.1. The zero-order valence-corrected chi connectivity index (χ0v) is 18.1. The number of benzene rings is 3.